The molecule has 0 aliphatic carbocycles. The van der Waals surface area contributed by atoms with Gasteiger partial charge in [0.05, 0.1) is 24.3 Å². The van der Waals surface area contributed by atoms with Crippen LogP contribution in [0.3, 0.4) is 0 Å². The molecule has 4 nitrogen and oxygen atoms in total. The number of aromatic nitrogens is 1. The minimum Gasteiger partial charge on any atom is -0.357 e. The summed E-state index contributed by atoms with van der Waals surface area (Å²) in [5.74, 6) is 0.586. The van der Waals surface area contributed by atoms with Gasteiger partial charge in [0, 0.05) is 12.7 Å². The molecule has 0 spiro atoms. The van der Waals surface area contributed by atoms with Crippen molar-refractivity contribution in [3.05, 3.63) is 65.5 Å². The standard InChI is InChI=1S/C17H19F3N4/c1-2-21-16(24-12-15-5-3-4-10-22-15)23-11-13-6-8-14(9-7-13)17(18,19)20/h3-10H,2,11-12H2,1H3,(H2,21,23,24). The van der Waals surface area contributed by atoms with Crippen LogP contribution in [0.15, 0.2) is 53.7 Å². The van der Waals surface area contributed by atoms with Crippen molar-refractivity contribution in [1.82, 2.24) is 15.6 Å². The van der Waals surface area contributed by atoms with Crippen molar-refractivity contribution < 1.29 is 13.2 Å². The Kier molecular flexibility index (Phi) is 6.17. The largest absolute Gasteiger partial charge is 0.416 e. The molecule has 2 rings (SSSR count). The fraction of sp³-hybridized carbons (Fsp3) is 0.294. The minimum atomic E-state index is -4.32. The zero-order chi connectivity index (χ0) is 17.4. The third-order valence-corrected chi connectivity index (χ3v) is 3.21. The summed E-state index contributed by atoms with van der Waals surface area (Å²) < 4.78 is 37.6. The maximum absolute atomic E-state index is 12.5. The molecule has 1 heterocycles. The first-order chi connectivity index (χ1) is 11.5. The van der Waals surface area contributed by atoms with E-state index in [4.69, 9.17) is 0 Å². The Balaban J connectivity index is 1.97. The quantitative estimate of drug-likeness (QED) is 0.650. The molecular weight excluding hydrogens is 317 g/mol. The fourth-order valence-corrected chi connectivity index (χ4v) is 1.99. The summed E-state index contributed by atoms with van der Waals surface area (Å²) in [6, 6.07) is 10.7. The molecule has 0 radical (unpaired) electrons. The normalized spacial score (nSPS) is 12.1. The number of nitrogens with one attached hydrogen (secondary N) is 2. The van der Waals surface area contributed by atoms with Gasteiger partial charge < -0.3 is 10.6 Å². The summed E-state index contributed by atoms with van der Waals surface area (Å²) in [5, 5.41) is 6.23. The Morgan fingerprint density at radius 2 is 1.83 bits per heavy atom. The van der Waals surface area contributed by atoms with E-state index < -0.39 is 11.7 Å². The average Bonchev–Trinajstić information content (AvgIpc) is 2.58. The summed E-state index contributed by atoms with van der Waals surface area (Å²) in [7, 11) is 0. The number of benzene rings is 1. The molecule has 128 valence electrons. The summed E-state index contributed by atoms with van der Waals surface area (Å²) >= 11 is 0. The highest BCUT2D eigenvalue weighted by Crippen LogP contribution is 2.29. The highest BCUT2D eigenvalue weighted by molar-refractivity contribution is 5.79. The van der Waals surface area contributed by atoms with Crippen molar-refractivity contribution in [2.45, 2.75) is 26.2 Å². The van der Waals surface area contributed by atoms with E-state index in [0.717, 1.165) is 17.8 Å². The Morgan fingerprint density at radius 3 is 2.42 bits per heavy atom. The second kappa shape index (κ2) is 8.33. The van der Waals surface area contributed by atoms with E-state index in [2.05, 4.69) is 20.6 Å². The maximum atomic E-state index is 12.5. The smallest absolute Gasteiger partial charge is 0.357 e. The number of alkyl halides is 3. The van der Waals surface area contributed by atoms with Crippen molar-refractivity contribution >= 4 is 5.96 Å². The van der Waals surface area contributed by atoms with Gasteiger partial charge in [-0.15, -0.1) is 0 Å². The van der Waals surface area contributed by atoms with Gasteiger partial charge in [0.2, 0.25) is 0 Å². The summed E-state index contributed by atoms with van der Waals surface area (Å²) in [4.78, 5) is 8.59. The summed E-state index contributed by atoms with van der Waals surface area (Å²) in [5.41, 5.74) is 0.922. The van der Waals surface area contributed by atoms with Crippen molar-refractivity contribution in [2.24, 2.45) is 4.99 Å². The molecule has 2 aromatic rings. The van der Waals surface area contributed by atoms with Crippen LogP contribution in [0.2, 0.25) is 0 Å². The van der Waals surface area contributed by atoms with E-state index in [1.807, 2.05) is 25.1 Å². The van der Waals surface area contributed by atoms with Crippen LogP contribution in [0.5, 0.6) is 0 Å². The maximum Gasteiger partial charge on any atom is 0.416 e. The van der Waals surface area contributed by atoms with Crippen LogP contribution >= 0.6 is 0 Å². The van der Waals surface area contributed by atoms with Gasteiger partial charge in [-0.05, 0) is 36.8 Å². The lowest BCUT2D eigenvalue weighted by atomic mass is 10.1. The predicted molar refractivity (Wildman–Crippen MR) is 87.3 cm³/mol. The predicted octanol–water partition coefficient (Wildman–Crippen LogP) is 3.36. The van der Waals surface area contributed by atoms with Gasteiger partial charge in [-0.2, -0.15) is 13.2 Å². The molecule has 0 unspecified atom stereocenters. The molecule has 0 atom stereocenters. The molecule has 2 N–H and O–H groups in total. The molecule has 0 bridgehead atoms. The van der Waals surface area contributed by atoms with Crippen LogP contribution in [-0.4, -0.2) is 17.5 Å². The van der Waals surface area contributed by atoms with Crippen molar-refractivity contribution in [2.75, 3.05) is 6.54 Å². The first kappa shape index (κ1) is 17.8. The van der Waals surface area contributed by atoms with Crippen molar-refractivity contribution in [3.8, 4) is 0 Å². The van der Waals surface area contributed by atoms with Gasteiger partial charge in [0.25, 0.3) is 0 Å². The molecule has 0 fully saturated rings. The van der Waals surface area contributed by atoms with Crippen molar-refractivity contribution in [1.29, 1.82) is 0 Å². The Morgan fingerprint density at radius 1 is 1.08 bits per heavy atom. The number of hydrogen-bond acceptors (Lipinski definition) is 2. The van der Waals surface area contributed by atoms with E-state index in [9.17, 15) is 13.2 Å². The summed E-state index contributed by atoms with van der Waals surface area (Å²) in [6.45, 7) is 3.42. The van der Waals surface area contributed by atoms with Gasteiger partial charge in [-0.1, -0.05) is 18.2 Å². The fourth-order valence-electron chi connectivity index (χ4n) is 1.99. The third-order valence-electron chi connectivity index (χ3n) is 3.21. The highest BCUT2D eigenvalue weighted by Gasteiger charge is 2.29. The zero-order valence-electron chi connectivity index (χ0n) is 13.3. The zero-order valence-corrected chi connectivity index (χ0v) is 13.3. The van der Waals surface area contributed by atoms with Crippen LogP contribution in [0.25, 0.3) is 0 Å². The molecule has 0 saturated carbocycles. The second-order valence-corrected chi connectivity index (χ2v) is 5.06. The molecule has 24 heavy (non-hydrogen) atoms. The van der Waals surface area contributed by atoms with E-state index in [1.165, 1.54) is 12.1 Å². The van der Waals surface area contributed by atoms with Crippen molar-refractivity contribution in [3.63, 3.8) is 0 Å². The Bertz CT molecular complexity index is 652. The number of hydrogen-bond donors (Lipinski definition) is 2. The molecule has 1 aromatic heterocycles. The highest BCUT2D eigenvalue weighted by atomic mass is 19.4. The molecule has 7 heteroatoms. The Hall–Kier alpha value is -2.57. The van der Waals surface area contributed by atoms with E-state index in [0.29, 0.717) is 24.6 Å². The molecule has 1 aromatic carbocycles. The lowest BCUT2D eigenvalue weighted by Gasteiger charge is -2.11. The first-order valence-electron chi connectivity index (χ1n) is 7.57. The van der Waals surface area contributed by atoms with Crippen LogP contribution < -0.4 is 10.6 Å². The monoisotopic (exact) mass is 336 g/mol. The SMILES string of the molecule is CCNC(=NCc1ccc(C(F)(F)F)cc1)NCc1ccccn1. The number of guanidine groups is 1. The first-order valence-corrected chi connectivity index (χ1v) is 7.57. The lowest BCUT2D eigenvalue weighted by Crippen LogP contribution is -2.37. The van der Waals surface area contributed by atoms with Crippen LogP contribution in [0, 0.1) is 0 Å². The van der Waals surface area contributed by atoms with E-state index >= 15 is 0 Å². The third kappa shape index (κ3) is 5.57. The van der Waals surface area contributed by atoms with Crippen LogP contribution in [0.1, 0.15) is 23.7 Å². The molecule has 0 saturated heterocycles. The molecule has 0 aliphatic rings. The van der Waals surface area contributed by atoms with Gasteiger partial charge in [-0.3, -0.25) is 4.98 Å². The molecule has 0 amide bonds. The topological polar surface area (TPSA) is 49.3 Å². The number of pyridine rings is 1. The number of halogens is 3. The van der Waals surface area contributed by atoms with Crippen LogP contribution in [-0.2, 0) is 19.3 Å². The van der Waals surface area contributed by atoms with Crippen LogP contribution in [0.4, 0.5) is 13.2 Å². The molecular formula is C17H19F3N4. The summed E-state index contributed by atoms with van der Waals surface area (Å²) in [6.07, 6.45) is -2.61. The Labute approximate surface area is 138 Å². The van der Waals surface area contributed by atoms with Gasteiger partial charge in [-0.25, -0.2) is 4.99 Å². The van der Waals surface area contributed by atoms with E-state index in [-0.39, 0.29) is 6.54 Å². The van der Waals surface area contributed by atoms with Gasteiger partial charge >= 0.3 is 6.18 Å². The molecule has 0 aliphatic heterocycles. The minimum absolute atomic E-state index is 0.287. The number of nitrogens with zero attached hydrogens (tertiary/aromatic N) is 2. The lowest BCUT2D eigenvalue weighted by molar-refractivity contribution is -0.137. The van der Waals surface area contributed by atoms with Gasteiger partial charge in [0.1, 0.15) is 0 Å². The number of rotatable bonds is 5. The number of aliphatic imine (C=N–C) groups is 1. The second-order valence-electron chi connectivity index (χ2n) is 5.06. The average molecular weight is 336 g/mol. The van der Waals surface area contributed by atoms with Gasteiger partial charge in [0.15, 0.2) is 5.96 Å². The van der Waals surface area contributed by atoms with E-state index in [1.54, 1.807) is 6.20 Å².